The maximum Gasteiger partial charge on any atom is 0.0952 e. The number of halogens is 1. The van der Waals surface area contributed by atoms with E-state index >= 15 is 0 Å². The van der Waals surface area contributed by atoms with Crippen LogP contribution < -0.4 is 5.32 Å². The second kappa shape index (κ2) is 5.64. The van der Waals surface area contributed by atoms with Gasteiger partial charge < -0.3 is 0 Å². The summed E-state index contributed by atoms with van der Waals surface area (Å²) in [5.41, 5.74) is 1.10. The van der Waals surface area contributed by atoms with E-state index in [1.54, 1.807) is 0 Å². The minimum absolute atomic E-state index is 0.0750. The molecule has 0 bridgehead atoms. The first-order chi connectivity index (χ1) is 6.76. The van der Waals surface area contributed by atoms with Gasteiger partial charge in [0.1, 0.15) is 0 Å². The third-order valence-corrected chi connectivity index (χ3v) is 2.24. The van der Waals surface area contributed by atoms with Crippen molar-refractivity contribution in [2.75, 3.05) is 0 Å². The molecule has 0 amide bonds. The van der Waals surface area contributed by atoms with E-state index in [-0.39, 0.29) is 6.04 Å². The van der Waals surface area contributed by atoms with Gasteiger partial charge in [0.05, 0.1) is 12.1 Å². The average Bonchev–Trinajstić information content (AvgIpc) is 2.19. The number of nitrogens with one attached hydrogen (secondary N) is 1. The van der Waals surface area contributed by atoms with Crippen molar-refractivity contribution in [2.45, 2.75) is 25.9 Å². The number of rotatable bonds is 4. The normalized spacial score (nSPS) is 12.1. The summed E-state index contributed by atoms with van der Waals surface area (Å²) in [7, 11) is 0. The van der Waals surface area contributed by atoms with Crippen molar-refractivity contribution in [1.29, 1.82) is 5.26 Å². The number of benzene rings is 1. The summed E-state index contributed by atoms with van der Waals surface area (Å²) in [5, 5.41) is 12.6. The lowest BCUT2D eigenvalue weighted by Gasteiger charge is -2.08. The Morgan fingerprint density at radius 1 is 1.57 bits per heavy atom. The van der Waals surface area contributed by atoms with Crippen LogP contribution in [0.1, 0.15) is 18.9 Å². The quantitative estimate of drug-likeness (QED) is 0.826. The number of nitrogens with zero attached hydrogens (tertiary/aromatic N) is 1. The van der Waals surface area contributed by atoms with Gasteiger partial charge in [-0.05, 0) is 24.1 Å². The van der Waals surface area contributed by atoms with Gasteiger partial charge in [-0.2, -0.15) is 5.26 Å². The Morgan fingerprint density at radius 3 is 2.93 bits per heavy atom. The fourth-order valence-electron chi connectivity index (χ4n) is 1.17. The van der Waals surface area contributed by atoms with Crippen molar-refractivity contribution in [1.82, 2.24) is 5.32 Å². The second-order valence-corrected chi connectivity index (χ2v) is 3.54. The molecule has 3 heteroatoms. The Balaban J connectivity index is 2.50. The fraction of sp³-hybridized carbons (Fsp3) is 0.364. The standard InChI is InChI=1S/C11H13ClN2/c1-2-11(7-13)14-8-9-4-3-5-10(12)6-9/h3-6,11,14H,2,8H2,1H3. The Bertz CT molecular complexity index is 330. The highest BCUT2D eigenvalue weighted by Crippen LogP contribution is 2.10. The van der Waals surface area contributed by atoms with Crippen LogP contribution in [-0.4, -0.2) is 6.04 Å². The Labute approximate surface area is 89.5 Å². The van der Waals surface area contributed by atoms with Crippen LogP contribution in [-0.2, 0) is 6.54 Å². The molecule has 1 atom stereocenters. The zero-order valence-corrected chi connectivity index (χ0v) is 8.88. The van der Waals surface area contributed by atoms with Gasteiger partial charge in [-0.3, -0.25) is 5.32 Å². The molecule has 1 aromatic carbocycles. The van der Waals surface area contributed by atoms with Crippen LogP contribution in [0.5, 0.6) is 0 Å². The molecule has 1 N–H and O–H groups in total. The monoisotopic (exact) mass is 208 g/mol. The van der Waals surface area contributed by atoms with Crippen molar-refractivity contribution >= 4 is 11.6 Å². The molecule has 0 saturated heterocycles. The van der Waals surface area contributed by atoms with Crippen molar-refractivity contribution in [3.8, 4) is 6.07 Å². The maximum absolute atomic E-state index is 8.72. The van der Waals surface area contributed by atoms with E-state index < -0.39 is 0 Å². The van der Waals surface area contributed by atoms with Crippen LogP contribution in [0.2, 0.25) is 5.02 Å². The summed E-state index contributed by atoms with van der Waals surface area (Å²) in [4.78, 5) is 0. The van der Waals surface area contributed by atoms with E-state index in [0.29, 0.717) is 6.54 Å². The molecule has 14 heavy (non-hydrogen) atoms. The topological polar surface area (TPSA) is 35.8 Å². The predicted molar refractivity (Wildman–Crippen MR) is 58.0 cm³/mol. The van der Waals surface area contributed by atoms with Gasteiger partial charge in [0.25, 0.3) is 0 Å². The van der Waals surface area contributed by atoms with Gasteiger partial charge in [-0.15, -0.1) is 0 Å². The highest BCUT2D eigenvalue weighted by molar-refractivity contribution is 6.30. The minimum atomic E-state index is -0.0750. The summed E-state index contributed by atoms with van der Waals surface area (Å²) < 4.78 is 0. The lowest BCUT2D eigenvalue weighted by atomic mass is 10.2. The summed E-state index contributed by atoms with van der Waals surface area (Å²) in [6.45, 7) is 2.67. The SMILES string of the molecule is CCC(C#N)NCc1cccc(Cl)c1. The average molecular weight is 209 g/mol. The molecular weight excluding hydrogens is 196 g/mol. The first-order valence-electron chi connectivity index (χ1n) is 4.63. The van der Waals surface area contributed by atoms with E-state index in [4.69, 9.17) is 16.9 Å². The smallest absolute Gasteiger partial charge is 0.0952 e. The zero-order valence-electron chi connectivity index (χ0n) is 8.13. The molecule has 1 aromatic rings. The summed E-state index contributed by atoms with van der Waals surface area (Å²) in [6.07, 6.45) is 0.817. The molecule has 0 heterocycles. The summed E-state index contributed by atoms with van der Waals surface area (Å²) in [6, 6.07) is 9.76. The minimum Gasteiger partial charge on any atom is -0.298 e. The highest BCUT2D eigenvalue weighted by Gasteiger charge is 2.02. The summed E-state index contributed by atoms with van der Waals surface area (Å²) in [5.74, 6) is 0. The lowest BCUT2D eigenvalue weighted by Crippen LogP contribution is -2.25. The van der Waals surface area contributed by atoms with E-state index in [2.05, 4.69) is 11.4 Å². The Morgan fingerprint density at radius 2 is 2.36 bits per heavy atom. The van der Waals surface area contributed by atoms with Crippen LogP contribution in [0.25, 0.3) is 0 Å². The second-order valence-electron chi connectivity index (χ2n) is 3.10. The zero-order chi connectivity index (χ0) is 10.4. The van der Waals surface area contributed by atoms with Gasteiger partial charge >= 0.3 is 0 Å². The molecule has 0 aliphatic rings. The van der Waals surface area contributed by atoms with E-state index in [1.165, 1.54) is 0 Å². The third kappa shape index (κ3) is 3.37. The molecule has 0 aromatic heterocycles. The van der Waals surface area contributed by atoms with Crippen LogP contribution in [0.15, 0.2) is 24.3 Å². The van der Waals surface area contributed by atoms with Gasteiger partial charge in [0.15, 0.2) is 0 Å². The van der Waals surface area contributed by atoms with E-state index in [9.17, 15) is 0 Å². The van der Waals surface area contributed by atoms with Gasteiger partial charge in [-0.25, -0.2) is 0 Å². The molecule has 0 spiro atoms. The van der Waals surface area contributed by atoms with Crippen molar-refractivity contribution in [3.05, 3.63) is 34.9 Å². The number of hydrogen-bond acceptors (Lipinski definition) is 2. The molecular formula is C11H13ClN2. The molecule has 0 fully saturated rings. The van der Waals surface area contributed by atoms with Crippen LogP contribution in [0, 0.1) is 11.3 Å². The molecule has 1 unspecified atom stereocenters. The molecule has 0 radical (unpaired) electrons. The molecule has 0 saturated carbocycles. The van der Waals surface area contributed by atoms with Crippen LogP contribution in [0.4, 0.5) is 0 Å². The number of hydrogen-bond donors (Lipinski definition) is 1. The molecule has 0 aliphatic carbocycles. The first-order valence-corrected chi connectivity index (χ1v) is 5.01. The highest BCUT2D eigenvalue weighted by atomic mass is 35.5. The van der Waals surface area contributed by atoms with Crippen LogP contribution in [0.3, 0.4) is 0 Å². The Hall–Kier alpha value is -1.04. The fourth-order valence-corrected chi connectivity index (χ4v) is 1.38. The first kappa shape index (κ1) is 11.0. The van der Waals surface area contributed by atoms with Gasteiger partial charge in [0, 0.05) is 11.6 Å². The largest absolute Gasteiger partial charge is 0.298 e. The summed E-state index contributed by atoms with van der Waals surface area (Å²) >= 11 is 5.84. The maximum atomic E-state index is 8.72. The van der Waals surface area contributed by atoms with E-state index in [0.717, 1.165) is 17.0 Å². The molecule has 74 valence electrons. The van der Waals surface area contributed by atoms with Gasteiger partial charge in [-0.1, -0.05) is 30.7 Å². The van der Waals surface area contributed by atoms with Gasteiger partial charge in [0.2, 0.25) is 0 Å². The van der Waals surface area contributed by atoms with Crippen molar-refractivity contribution in [2.24, 2.45) is 0 Å². The van der Waals surface area contributed by atoms with Crippen LogP contribution >= 0.6 is 11.6 Å². The van der Waals surface area contributed by atoms with Crippen molar-refractivity contribution < 1.29 is 0 Å². The third-order valence-electron chi connectivity index (χ3n) is 2.01. The molecule has 2 nitrogen and oxygen atoms in total. The molecule has 0 aliphatic heterocycles. The lowest BCUT2D eigenvalue weighted by molar-refractivity contribution is 0.587. The molecule has 1 rings (SSSR count). The predicted octanol–water partition coefficient (Wildman–Crippen LogP) is 2.73. The number of nitriles is 1. The van der Waals surface area contributed by atoms with E-state index in [1.807, 2.05) is 31.2 Å². The Kier molecular flexibility index (Phi) is 4.45. The van der Waals surface area contributed by atoms with Crippen molar-refractivity contribution in [3.63, 3.8) is 0 Å².